The van der Waals surface area contributed by atoms with Crippen LogP contribution in [0.4, 0.5) is 10.7 Å². The molecule has 1 rings (SSSR count). The third-order valence-electron chi connectivity index (χ3n) is 2.25. The molecular weight excluding hydrogens is 280 g/mol. The highest BCUT2D eigenvalue weighted by atomic mass is 16.5. The first-order valence-corrected chi connectivity index (χ1v) is 5.71. The van der Waals surface area contributed by atoms with Crippen molar-refractivity contribution in [2.75, 3.05) is 19.5 Å². The van der Waals surface area contributed by atoms with Gasteiger partial charge in [-0.3, -0.25) is 5.32 Å². The molecule has 9 heteroatoms. The molecule has 1 aromatic rings. The number of nitrogens with zero attached hydrogens (tertiary/aromatic N) is 2. The fourth-order valence-electron chi connectivity index (χ4n) is 1.28. The summed E-state index contributed by atoms with van der Waals surface area (Å²) in [4.78, 5) is 30.3. The summed E-state index contributed by atoms with van der Waals surface area (Å²) in [5.41, 5.74) is 0. The molecule has 0 saturated carbocycles. The van der Waals surface area contributed by atoms with E-state index in [-0.39, 0.29) is 24.1 Å². The number of rotatable bonds is 6. The monoisotopic (exact) mass is 294 g/mol. The van der Waals surface area contributed by atoms with E-state index in [4.69, 9.17) is 21.0 Å². The molecule has 0 spiro atoms. The molecule has 0 radical (unpaired) electrons. The molecule has 21 heavy (non-hydrogen) atoms. The van der Waals surface area contributed by atoms with Crippen LogP contribution in [-0.2, 0) is 4.79 Å². The van der Waals surface area contributed by atoms with E-state index in [0.29, 0.717) is 0 Å². The quantitative estimate of drug-likeness (QED) is 0.635. The molecule has 0 saturated heterocycles. The zero-order valence-electron chi connectivity index (χ0n) is 11.4. The van der Waals surface area contributed by atoms with Crippen molar-refractivity contribution in [3.63, 3.8) is 0 Å². The number of aliphatic carboxylic acids is 1. The van der Waals surface area contributed by atoms with Crippen molar-refractivity contribution in [1.29, 1.82) is 0 Å². The number of hydrogen-bond acceptors (Lipinski definition) is 6. The van der Waals surface area contributed by atoms with Gasteiger partial charge in [-0.05, 0) is 0 Å². The molecule has 0 aliphatic heterocycles. The van der Waals surface area contributed by atoms with Gasteiger partial charge >= 0.3 is 12.0 Å². The predicted octanol–water partition coefficient (Wildman–Crippen LogP) is 0.0918. The lowest BCUT2D eigenvalue weighted by molar-refractivity contribution is -0.139. The second-order valence-corrected chi connectivity index (χ2v) is 3.67. The van der Waals surface area contributed by atoms with Crippen molar-refractivity contribution in [1.82, 2.24) is 15.3 Å². The number of methoxy groups -OCH3 is 2. The van der Waals surface area contributed by atoms with Crippen LogP contribution in [0.25, 0.3) is 0 Å². The Bertz CT molecular complexity index is 547. The van der Waals surface area contributed by atoms with E-state index in [9.17, 15) is 9.59 Å². The number of ether oxygens (including phenoxy) is 2. The number of carbonyl (C=O) groups excluding carboxylic acids is 1. The Labute approximate surface area is 120 Å². The van der Waals surface area contributed by atoms with E-state index in [2.05, 4.69) is 26.5 Å². The normalized spacial score (nSPS) is 10.9. The highest BCUT2D eigenvalue weighted by molar-refractivity contribution is 5.91. The van der Waals surface area contributed by atoms with Gasteiger partial charge < -0.3 is 19.9 Å². The van der Waals surface area contributed by atoms with Gasteiger partial charge in [0, 0.05) is 6.42 Å². The largest absolute Gasteiger partial charge is 0.481 e. The van der Waals surface area contributed by atoms with Crippen molar-refractivity contribution in [2.45, 2.75) is 12.5 Å². The summed E-state index contributed by atoms with van der Waals surface area (Å²) in [6.07, 6.45) is 4.88. The summed E-state index contributed by atoms with van der Waals surface area (Å²) < 4.78 is 9.83. The zero-order chi connectivity index (χ0) is 15.8. The minimum Gasteiger partial charge on any atom is -0.481 e. The molecule has 1 heterocycles. The van der Waals surface area contributed by atoms with Gasteiger partial charge in [0.25, 0.3) is 0 Å². The Kier molecular flexibility index (Phi) is 5.76. The van der Waals surface area contributed by atoms with E-state index in [0.717, 1.165) is 0 Å². The van der Waals surface area contributed by atoms with Crippen LogP contribution in [0.1, 0.15) is 6.42 Å². The van der Waals surface area contributed by atoms with E-state index < -0.39 is 18.0 Å². The number of urea groups is 1. The Balaban J connectivity index is 2.78. The molecule has 0 aliphatic rings. The maximum absolute atomic E-state index is 11.7. The number of aromatic nitrogens is 2. The molecule has 0 fully saturated rings. The molecule has 1 aromatic heterocycles. The lowest BCUT2D eigenvalue weighted by atomic mass is 10.2. The Morgan fingerprint density at radius 2 is 1.95 bits per heavy atom. The van der Waals surface area contributed by atoms with Crippen LogP contribution in [-0.4, -0.2) is 47.3 Å². The predicted molar refractivity (Wildman–Crippen MR) is 72.2 cm³/mol. The summed E-state index contributed by atoms with van der Waals surface area (Å²) >= 11 is 0. The minimum absolute atomic E-state index is 0.103. The van der Waals surface area contributed by atoms with E-state index in [1.807, 2.05) is 0 Å². The van der Waals surface area contributed by atoms with Gasteiger partial charge in [-0.25, -0.2) is 9.59 Å². The molecule has 2 amide bonds. The Hall–Kier alpha value is -3.02. The van der Waals surface area contributed by atoms with Gasteiger partial charge in [0.05, 0.1) is 20.3 Å². The number of terminal acetylenes is 1. The van der Waals surface area contributed by atoms with Crippen LogP contribution in [0.3, 0.4) is 0 Å². The highest BCUT2D eigenvalue weighted by Gasteiger charge is 2.19. The van der Waals surface area contributed by atoms with Crippen molar-refractivity contribution in [2.24, 2.45) is 0 Å². The third-order valence-corrected chi connectivity index (χ3v) is 2.25. The first-order valence-electron chi connectivity index (χ1n) is 5.71. The molecule has 112 valence electrons. The van der Waals surface area contributed by atoms with Gasteiger partial charge in [0.1, 0.15) is 6.04 Å². The average molecular weight is 294 g/mol. The fraction of sp³-hybridized carbons (Fsp3) is 0.333. The molecule has 9 nitrogen and oxygen atoms in total. The summed E-state index contributed by atoms with van der Waals surface area (Å²) in [5.74, 6) is 1.17. The van der Waals surface area contributed by atoms with Crippen LogP contribution in [0.15, 0.2) is 6.07 Å². The van der Waals surface area contributed by atoms with Crippen LogP contribution in [0.2, 0.25) is 0 Å². The van der Waals surface area contributed by atoms with E-state index in [1.165, 1.54) is 20.3 Å². The van der Waals surface area contributed by atoms with Gasteiger partial charge in [0.2, 0.25) is 17.7 Å². The molecular formula is C12H14N4O5. The van der Waals surface area contributed by atoms with Crippen molar-refractivity contribution in [3.05, 3.63) is 6.07 Å². The number of hydrogen-bond donors (Lipinski definition) is 3. The Morgan fingerprint density at radius 3 is 2.38 bits per heavy atom. The number of carboxylic acids is 1. The molecule has 0 aromatic carbocycles. The van der Waals surface area contributed by atoms with E-state index >= 15 is 0 Å². The first-order chi connectivity index (χ1) is 9.99. The second kappa shape index (κ2) is 7.54. The minimum atomic E-state index is -1.24. The maximum atomic E-state index is 11.7. The summed E-state index contributed by atoms with van der Waals surface area (Å²) in [6.45, 7) is 0. The fourth-order valence-corrected chi connectivity index (χ4v) is 1.28. The highest BCUT2D eigenvalue weighted by Crippen LogP contribution is 2.17. The number of carboxylic acid groups (broad SMARTS) is 1. The molecule has 3 N–H and O–H groups in total. The molecule has 0 aliphatic carbocycles. The number of amides is 2. The maximum Gasteiger partial charge on any atom is 0.327 e. The lowest BCUT2D eigenvalue weighted by Crippen LogP contribution is -2.43. The topological polar surface area (TPSA) is 123 Å². The summed E-state index contributed by atoms with van der Waals surface area (Å²) in [5, 5.41) is 13.3. The van der Waals surface area contributed by atoms with Crippen LogP contribution >= 0.6 is 0 Å². The van der Waals surface area contributed by atoms with Crippen molar-refractivity contribution >= 4 is 17.9 Å². The smallest absolute Gasteiger partial charge is 0.327 e. The van der Waals surface area contributed by atoms with Gasteiger partial charge in [-0.2, -0.15) is 9.97 Å². The van der Waals surface area contributed by atoms with Crippen molar-refractivity contribution in [3.8, 4) is 24.1 Å². The molecule has 0 bridgehead atoms. The number of carbonyl (C=O) groups is 2. The van der Waals surface area contributed by atoms with Crippen LogP contribution < -0.4 is 20.1 Å². The van der Waals surface area contributed by atoms with Crippen LogP contribution in [0, 0.1) is 12.3 Å². The zero-order valence-corrected chi connectivity index (χ0v) is 11.4. The second-order valence-electron chi connectivity index (χ2n) is 3.67. The standard InChI is InChI=1S/C12H14N4O5/c1-4-5-7(10(17)18)13-12(19)16-11-14-8(20-2)6-9(15-11)21-3/h1,6-7H,5H2,2-3H3,(H,17,18)(H2,13,14,15,16,19). The van der Waals surface area contributed by atoms with Crippen molar-refractivity contribution < 1.29 is 24.2 Å². The number of nitrogens with one attached hydrogen (secondary N) is 2. The first kappa shape index (κ1) is 16.0. The summed E-state index contributed by atoms with van der Waals surface area (Å²) in [7, 11) is 2.78. The number of anilines is 1. The lowest BCUT2D eigenvalue weighted by Gasteiger charge is -2.12. The average Bonchev–Trinajstić information content (AvgIpc) is 2.46. The van der Waals surface area contributed by atoms with Gasteiger partial charge in [-0.15, -0.1) is 12.3 Å². The SMILES string of the molecule is C#CCC(NC(=O)Nc1nc(OC)cc(OC)n1)C(=O)O. The summed E-state index contributed by atoms with van der Waals surface area (Å²) in [6, 6.07) is -0.600. The third kappa shape index (κ3) is 4.87. The Morgan fingerprint density at radius 1 is 1.38 bits per heavy atom. The van der Waals surface area contributed by atoms with E-state index in [1.54, 1.807) is 0 Å². The van der Waals surface area contributed by atoms with Crippen LogP contribution in [0.5, 0.6) is 11.8 Å². The molecule has 1 unspecified atom stereocenters. The van der Waals surface area contributed by atoms with Gasteiger partial charge in [0.15, 0.2) is 0 Å². The van der Waals surface area contributed by atoms with Gasteiger partial charge in [-0.1, -0.05) is 0 Å². The molecule has 1 atom stereocenters.